The molecule has 5 nitrogen and oxygen atoms in total. The predicted molar refractivity (Wildman–Crippen MR) is 119 cm³/mol. The molecule has 1 heterocycles. The van der Waals surface area contributed by atoms with E-state index in [1.807, 2.05) is 18.2 Å². The van der Waals surface area contributed by atoms with Crippen molar-refractivity contribution in [2.24, 2.45) is 10.9 Å². The van der Waals surface area contributed by atoms with Crippen molar-refractivity contribution in [3.05, 3.63) is 35.6 Å². The first-order chi connectivity index (χ1) is 12.1. The standard InChI is InChI=1S/C20H30N4O.HI/c1-5-21-20(22-12-17(24(3)4)15-10-11-15)23-13-19-14(2)16-8-6-7-9-18(16)25-19;/h6-9,15,17H,5,10-13H2,1-4H3,(H2,21,22,23);1H. The number of nitrogens with zero attached hydrogens (tertiary/aromatic N) is 2. The molecule has 0 saturated heterocycles. The second kappa shape index (κ2) is 9.60. The van der Waals surface area contributed by atoms with Gasteiger partial charge in [-0.3, -0.25) is 0 Å². The Morgan fingerprint density at radius 1 is 1.27 bits per heavy atom. The van der Waals surface area contributed by atoms with Crippen LogP contribution in [0.3, 0.4) is 0 Å². The highest BCUT2D eigenvalue weighted by Crippen LogP contribution is 2.34. The Hall–Kier alpha value is -1.28. The molecule has 3 rings (SSSR count). The summed E-state index contributed by atoms with van der Waals surface area (Å²) in [5.74, 6) is 2.61. The van der Waals surface area contributed by atoms with Gasteiger partial charge in [0, 0.05) is 30.1 Å². The average molecular weight is 470 g/mol. The Kier molecular flexibility index (Phi) is 7.76. The second-order valence-electron chi connectivity index (χ2n) is 7.09. The molecule has 1 aromatic carbocycles. The number of benzene rings is 1. The van der Waals surface area contributed by atoms with Crippen LogP contribution >= 0.6 is 24.0 Å². The minimum atomic E-state index is 0. The zero-order valence-corrected chi connectivity index (χ0v) is 18.5. The van der Waals surface area contributed by atoms with Crippen molar-refractivity contribution >= 4 is 40.9 Å². The summed E-state index contributed by atoms with van der Waals surface area (Å²) in [6, 6.07) is 8.72. The fourth-order valence-corrected chi connectivity index (χ4v) is 3.32. The maximum Gasteiger partial charge on any atom is 0.191 e. The van der Waals surface area contributed by atoms with Crippen molar-refractivity contribution in [2.45, 2.75) is 39.3 Å². The largest absolute Gasteiger partial charge is 0.459 e. The van der Waals surface area contributed by atoms with Crippen molar-refractivity contribution in [1.82, 2.24) is 15.5 Å². The molecule has 2 aromatic rings. The first-order valence-electron chi connectivity index (χ1n) is 9.25. The lowest BCUT2D eigenvalue weighted by Crippen LogP contribution is -2.46. The third-order valence-corrected chi connectivity index (χ3v) is 4.98. The molecule has 0 radical (unpaired) electrons. The normalized spacial score (nSPS) is 15.8. The van der Waals surface area contributed by atoms with Gasteiger partial charge < -0.3 is 20.0 Å². The first-order valence-corrected chi connectivity index (χ1v) is 9.25. The Balaban J connectivity index is 0.00000243. The molecular formula is C20H31IN4O. The van der Waals surface area contributed by atoms with E-state index in [2.05, 4.69) is 49.5 Å². The van der Waals surface area contributed by atoms with Crippen LogP contribution in [0.15, 0.2) is 33.7 Å². The van der Waals surface area contributed by atoms with Crippen LogP contribution in [0.5, 0.6) is 0 Å². The van der Waals surface area contributed by atoms with Gasteiger partial charge in [0.15, 0.2) is 5.96 Å². The van der Waals surface area contributed by atoms with Crippen LogP contribution in [0.4, 0.5) is 0 Å². The number of fused-ring (bicyclic) bond motifs is 1. The van der Waals surface area contributed by atoms with Gasteiger partial charge >= 0.3 is 0 Å². The third kappa shape index (κ3) is 5.13. The molecule has 0 amide bonds. The molecule has 26 heavy (non-hydrogen) atoms. The molecule has 1 saturated carbocycles. The van der Waals surface area contributed by atoms with E-state index >= 15 is 0 Å². The van der Waals surface area contributed by atoms with Gasteiger partial charge in [-0.2, -0.15) is 0 Å². The van der Waals surface area contributed by atoms with Crippen molar-refractivity contribution in [2.75, 3.05) is 27.2 Å². The van der Waals surface area contributed by atoms with Crippen molar-refractivity contribution in [3.8, 4) is 0 Å². The number of aryl methyl sites for hydroxylation is 1. The number of nitrogens with one attached hydrogen (secondary N) is 2. The predicted octanol–water partition coefficient (Wildman–Crippen LogP) is 3.75. The van der Waals surface area contributed by atoms with Crippen LogP contribution < -0.4 is 10.6 Å². The first kappa shape index (κ1) is 21.0. The molecule has 1 aromatic heterocycles. The van der Waals surface area contributed by atoms with E-state index in [0.29, 0.717) is 12.6 Å². The van der Waals surface area contributed by atoms with Crippen LogP contribution in [0.1, 0.15) is 31.1 Å². The van der Waals surface area contributed by atoms with Crippen LogP contribution in [-0.2, 0) is 6.54 Å². The summed E-state index contributed by atoms with van der Waals surface area (Å²) in [6.07, 6.45) is 2.69. The molecule has 1 fully saturated rings. The fraction of sp³-hybridized carbons (Fsp3) is 0.550. The molecule has 1 aliphatic rings. The number of furan rings is 1. The molecule has 2 N–H and O–H groups in total. The molecule has 0 bridgehead atoms. The zero-order valence-electron chi connectivity index (χ0n) is 16.2. The third-order valence-electron chi connectivity index (χ3n) is 4.98. The summed E-state index contributed by atoms with van der Waals surface area (Å²) < 4.78 is 5.97. The SMILES string of the molecule is CCNC(=NCc1oc2ccccc2c1C)NCC(C1CC1)N(C)C.I. The van der Waals surface area contributed by atoms with Gasteiger partial charge in [-0.15, -0.1) is 24.0 Å². The van der Waals surface area contributed by atoms with E-state index in [-0.39, 0.29) is 24.0 Å². The highest BCUT2D eigenvalue weighted by atomic mass is 127. The van der Waals surface area contributed by atoms with Crippen LogP contribution in [-0.4, -0.2) is 44.1 Å². The van der Waals surface area contributed by atoms with Gasteiger partial charge in [-0.05, 0) is 52.8 Å². The summed E-state index contributed by atoms with van der Waals surface area (Å²) in [5.41, 5.74) is 2.11. The number of likely N-dealkylation sites (N-methyl/N-ethyl adjacent to an activating group) is 1. The Morgan fingerprint density at radius 2 is 2.00 bits per heavy atom. The molecule has 144 valence electrons. The van der Waals surface area contributed by atoms with E-state index in [1.54, 1.807) is 0 Å². The molecule has 1 atom stereocenters. The van der Waals surface area contributed by atoms with Crippen molar-refractivity contribution in [1.29, 1.82) is 0 Å². The lowest BCUT2D eigenvalue weighted by Gasteiger charge is -2.25. The average Bonchev–Trinajstić information content (AvgIpc) is 3.37. The number of guanidine groups is 1. The highest BCUT2D eigenvalue weighted by Gasteiger charge is 2.32. The summed E-state index contributed by atoms with van der Waals surface area (Å²) in [7, 11) is 4.32. The van der Waals surface area contributed by atoms with Gasteiger partial charge in [0.25, 0.3) is 0 Å². The number of hydrogen-bond acceptors (Lipinski definition) is 3. The Labute approximate surface area is 173 Å². The molecular weight excluding hydrogens is 439 g/mol. The minimum absolute atomic E-state index is 0. The second-order valence-corrected chi connectivity index (χ2v) is 7.09. The van der Waals surface area contributed by atoms with Gasteiger partial charge in [0.1, 0.15) is 17.9 Å². The topological polar surface area (TPSA) is 52.8 Å². The monoisotopic (exact) mass is 470 g/mol. The van der Waals surface area contributed by atoms with Crippen molar-refractivity contribution in [3.63, 3.8) is 0 Å². The van der Waals surface area contributed by atoms with Crippen LogP contribution in [0.25, 0.3) is 11.0 Å². The summed E-state index contributed by atoms with van der Waals surface area (Å²) >= 11 is 0. The van der Waals surface area contributed by atoms with Crippen LogP contribution in [0, 0.1) is 12.8 Å². The van der Waals surface area contributed by atoms with Gasteiger partial charge in [0.05, 0.1) is 0 Å². The zero-order chi connectivity index (χ0) is 17.8. The summed E-state index contributed by atoms with van der Waals surface area (Å²) in [6.45, 7) is 6.51. The van der Waals surface area contributed by atoms with Crippen molar-refractivity contribution < 1.29 is 4.42 Å². The maximum absolute atomic E-state index is 5.97. The lowest BCUT2D eigenvalue weighted by molar-refractivity contribution is 0.264. The number of rotatable bonds is 7. The Bertz CT molecular complexity index is 734. The van der Waals surface area contributed by atoms with Gasteiger partial charge in [-0.1, -0.05) is 18.2 Å². The molecule has 0 aliphatic heterocycles. The fourth-order valence-electron chi connectivity index (χ4n) is 3.32. The smallest absolute Gasteiger partial charge is 0.191 e. The van der Waals surface area contributed by atoms with E-state index in [4.69, 9.17) is 9.41 Å². The molecule has 0 spiro atoms. The van der Waals surface area contributed by atoms with E-state index < -0.39 is 0 Å². The van der Waals surface area contributed by atoms with E-state index in [0.717, 1.165) is 36.3 Å². The number of aliphatic imine (C=N–C) groups is 1. The highest BCUT2D eigenvalue weighted by molar-refractivity contribution is 14.0. The van der Waals surface area contributed by atoms with E-state index in [9.17, 15) is 0 Å². The molecule has 1 unspecified atom stereocenters. The summed E-state index contributed by atoms with van der Waals surface area (Å²) in [5, 5.41) is 8.01. The maximum atomic E-state index is 5.97. The Morgan fingerprint density at radius 3 is 2.62 bits per heavy atom. The number of para-hydroxylation sites is 1. The quantitative estimate of drug-likeness (QED) is 0.368. The summed E-state index contributed by atoms with van der Waals surface area (Å²) in [4.78, 5) is 7.05. The molecule has 1 aliphatic carbocycles. The van der Waals surface area contributed by atoms with Gasteiger partial charge in [0.2, 0.25) is 0 Å². The number of hydrogen-bond donors (Lipinski definition) is 2. The van der Waals surface area contributed by atoms with E-state index in [1.165, 1.54) is 23.8 Å². The lowest BCUT2D eigenvalue weighted by atomic mass is 10.1. The molecule has 6 heteroatoms. The number of halogens is 1. The van der Waals surface area contributed by atoms with Gasteiger partial charge in [-0.25, -0.2) is 4.99 Å². The van der Waals surface area contributed by atoms with Crippen LogP contribution in [0.2, 0.25) is 0 Å². The minimum Gasteiger partial charge on any atom is -0.459 e.